The van der Waals surface area contributed by atoms with Crippen molar-refractivity contribution in [1.29, 1.82) is 0 Å². The third-order valence-electron chi connectivity index (χ3n) is 1.15. The van der Waals surface area contributed by atoms with Crippen LogP contribution in [0.4, 0.5) is 0 Å². The smallest absolute Gasteiger partial charge is 0.303 e. The molecule has 0 aromatic heterocycles. The molecule has 1 atom stereocenters. The van der Waals surface area contributed by atoms with Crippen LogP contribution in [0.15, 0.2) is 12.7 Å². The number of rotatable bonds is 4. The van der Waals surface area contributed by atoms with E-state index < -0.39 is 0 Å². The van der Waals surface area contributed by atoms with Crippen molar-refractivity contribution in [3.63, 3.8) is 0 Å². The molecule has 0 aliphatic heterocycles. The molecule has 58 valence electrons. The molecule has 0 saturated carbocycles. The van der Waals surface area contributed by atoms with Gasteiger partial charge in [0.15, 0.2) is 0 Å². The molecular weight excluding hydrogens is 128 g/mol. The Morgan fingerprint density at radius 2 is 2.40 bits per heavy atom. The zero-order valence-electron chi connectivity index (χ0n) is 6.59. The highest BCUT2D eigenvalue weighted by Crippen LogP contribution is 2.02. The Hall–Kier alpha value is -0.790. The SMILES string of the molecule is C=C[C@H](CCC)OC(C)=O. The first-order valence-corrected chi connectivity index (χ1v) is 3.50. The topological polar surface area (TPSA) is 26.3 Å². The molecule has 0 aromatic rings. The van der Waals surface area contributed by atoms with E-state index in [1.165, 1.54) is 6.92 Å². The lowest BCUT2D eigenvalue weighted by Crippen LogP contribution is -2.12. The van der Waals surface area contributed by atoms with Crippen LogP contribution in [0.25, 0.3) is 0 Å². The molecule has 2 nitrogen and oxygen atoms in total. The lowest BCUT2D eigenvalue weighted by molar-refractivity contribution is -0.144. The van der Waals surface area contributed by atoms with Gasteiger partial charge in [-0.1, -0.05) is 26.0 Å². The number of carbonyl (C=O) groups is 1. The molecule has 0 aliphatic carbocycles. The molecule has 0 aliphatic rings. The van der Waals surface area contributed by atoms with E-state index in [0.717, 1.165) is 12.8 Å². The summed E-state index contributed by atoms with van der Waals surface area (Å²) >= 11 is 0. The van der Waals surface area contributed by atoms with Gasteiger partial charge in [0.2, 0.25) is 0 Å². The summed E-state index contributed by atoms with van der Waals surface area (Å²) in [6.45, 7) is 7.01. The van der Waals surface area contributed by atoms with E-state index in [2.05, 4.69) is 6.58 Å². The van der Waals surface area contributed by atoms with Crippen molar-refractivity contribution in [2.75, 3.05) is 0 Å². The normalized spacial score (nSPS) is 12.2. The van der Waals surface area contributed by atoms with Crippen LogP contribution < -0.4 is 0 Å². The van der Waals surface area contributed by atoms with Gasteiger partial charge in [0, 0.05) is 6.92 Å². The van der Waals surface area contributed by atoms with Crippen molar-refractivity contribution in [2.45, 2.75) is 32.8 Å². The van der Waals surface area contributed by atoms with Gasteiger partial charge < -0.3 is 4.74 Å². The fourth-order valence-corrected chi connectivity index (χ4v) is 0.723. The maximum absolute atomic E-state index is 10.4. The minimum Gasteiger partial charge on any atom is -0.458 e. The highest BCUT2D eigenvalue weighted by molar-refractivity contribution is 5.66. The van der Waals surface area contributed by atoms with Gasteiger partial charge in [0.25, 0.3) is 0 Å². The van der Waals surface area contributed by atoms with Crippen molar-refractivity contribution >= 4 is 5.97 Å². The molecule has 10 heavy (non-hydrogen) atoms. The first kappa shape index (κ1) is 9.21. The molecule has 0 amide bonds. The minimum absolute atomic E-state index is 0.0949. The van der Waals surface area contributed by atoms with Gasteiger partial charge in [-0.2, -0.15) is 0 Å². The first-order chi connectivity index (χ1) is 4.70. The molecule has 0 unspecified atom stereocenters. The number of carbonyl (C=O) groups excluding carboxylic acids is 1. The zero-order chi connectivity index (χ0) is 7.98. The first-order valence-electron chi connectivity index (χ1n) is 3.50. The number of hydrogen-bond donors (Lipinski definition) is 0. The molecule has 0 N–H and O–H groups in total. The van der Waals surface area contributed by atoms with E-state index in [1.807, 2.05) is 6.92 Å². The summed E-state index contributed by atoms with van der Waals surface area (Å²) in [5, 5.41) is 0. The lowest BCUT2D eigenvalue weighted by Gasteiger charge is -2.10. The van der Waals surface area contributed by atoms with Gasteiger partial charge >= 0.3 is 5.97 Å². The Balaban J connectivity index is 3.59. The van der Waals surface area contributed by atoms with Gasteiger partial charge in [-0.3, -0.25) is 4.79 Å². The number of hydrogen-bond acceptors (Lipinski definition) is 2. The van der Waals surface area contributed by atoms with Gasteiger partial charge in [0.05, 0.1) is 0 Å². The van der Waals surface area contributed by atoms with Crippen molar-refractivity contribution < 1.29 is 9.53 Å². The lowest BCUT2D eigenvalue weighted by atomic mass is 10.2. The van der Waals surface area contributed by atoms with Crippen molar-refractivity contribution in [1.82, 2.24) is 0 Å². The van der Waals surface area contributed by atoms with Crippen LogP contribution in [0.2, 0.25) is 0 Å². The highest BCUT2D eigenvalue weighted by atomic mass is 16.5. The second-order valence-corrected chi connectivity index (χ2v) is 2.17. The molecule has 0 bridgehead atoms. The van der Waals surface area contributed by atoms with Crippen LogP contribution in [0.3, 0.4) is 0 Å². The number of ether oxygens (including phenoxy) is 1. The van der Waals surface area contributed by atoms with E-state index >= 15 is 0 Å². The molecule has 0 saturated heterocycles. The standard InChI is InChI=1S/C8H14O2/c1-4-6-8(5-2)10-7(3)9/h5,8H,2,4,6H2,1,3H3/t8-/m1/s1. The van der Waals surface area contributed by atoms with Crippen LogP contribution in [0, 0.1) is 0 Å². The van der Waals surface area contributed by atoms with Crippen molar-refractivity contribution in [3.8, 4) is 0 Å². The molecule has 0 radical (unpaired) electrons. The average molecular weight is 142 g/mol. The monoisotopic (exact) mass is 142 g/mol. The summed E-state index contributed by atoms with van der Waals surface area (Å²) in [6, 6.07) is 0. The quantitative estimate of drug-likeness (QED) is 0.442. The van der Waals surface area contributed by atoms with Crippen LogP contribution in [0.1, 0.15) is 26.7 Å². The Labute approximate surface area is 61.9 Å². The van der Waals surface area contributed by atoms with E-state index in [9.17, 15) is 4.79 Å². The van der Waals surface area contributed by atoms with Crippen molar-refractivity contribution in [3.05, 3.63) is 12.7 Å². The molecule has 2 heteroatoms. The molecule has 0 rings (SSSR count). The molecule has 0 aromatic carbocycles. The third-order valence-corrected chi connectivity index (χ3v) is 1.15. The minimum atomic E-state index is -0.238. The van der Waals surface area contributed by atoms with Gasteiger partial charge in [-0.05, 0) is 6.42 Å². The summed E-state index contributed by atoms with van der Waals surface area (Å²) < 4.78 is 4.88. The van der Waals surface area contributed by atoms with Gasteiger partial charge in [-0.25, -0.2) is 0 Å². The summed E-state index contributed by atoms with van der Waals surface area (Å²) in [6.07, 6.45) is 3.43. The van der Waals surface area contributed by atoms with Crippen LogP contribution in [-0.2, 0) is 9.53 Å². The summed E-state index contributed by atoms with van der Waals surface area (Å²) in [5.41, 5.74) is 0. The second-order valence-electron chi connectivity index (χ2n) is 2.17. The van der Waals surface area contributed by atoms with E-state index in [0.29, 0.717) is 0 Å². The fourth-order valence-electron chi connectivity index (χ4n) is 0.723. The van der Waals surface area contributed by atoms with Crippen LogP contribution in [-0.4, -0.2) is 12.1 Å². The summed E-state index contributed by atoms with van der Waals surface area (Å²) in [5.74, 6) is -0.238. The summed E-state index contributed by atoms with van der Waals surface area (Å²) in [4.78, 5) is 10.4. The van der Waals surface area contributed by atoms with E-state index in [-0.39, 0.29) is 12.1 Å². The predicted molar refractivity (Wildman–Crippen MR) is 40.7 cm³/mol. The van der Waals surface area contributed by atoms with E-state index in [1.54, 1.807) is 6.08 Å². The van der Waals surface area contributed by atoms with Crippen LogP contribution >= 0.6 is 0 Å². The Bertz CT molecular complexity index is 118. The summed E-state index contributed by atoms with van der Waals surface area (Å²) in [7, 11) is 0. The zero-order valence-corrected chi connectivity index (χ0v) is 6.59. The molecular formula is C8H14O2. The van der Waals surface area contributed by atoms with Crippen molar-refractivity contribution in [2.24, 2.45) is 0 Å². The number of esters is 1. The molecule has 0 heterocycles. The Morgan fingerprint density at radius 1 is 1.80 bits per heavy atom. The average Bonchev–Trinajstić information content (AvgIpc) is 1.86. The molecule has 0 spiro atoms. The predicted octanol–water partition coefficient (Wildman–Crippen LogP) is 1.90. The van der Waals surface area contributed by atoms with Gasteiger partial charge in [-0.15, -0.1) is 0 Å². The highest BCUT2D eigenvalue weighted by Gasteiger charge is 2.04. The second kappa shape index (κ2) is 5.03. The maximum atomic E-state index is 10.4. The Morgan fingerprint density at radius 3 is 2.70 bits per heavy atom. The van der Waals surface area contributed by atoms with Crippen LogP contribution in [0.5, 0.6) is 0 Å². The largest absolute Gasteiger partial charge is 0.458 e. The van der Waals surface area contributed by atoms with E-state index in [4.69, 9.17) is 4.74 Å². The molecule has 0 fully saturated rings. The fraction of sp³-hybridized carbons (Fsp3) is 0.625. The third kappa shape index (κ3) is 4.13. The maximum Gasteiger partial charge on any atom is 0.303 e. The van der Waals surface area contributed by atoms with Gasteiger partial charge in [0.1, 0.15) is 6.10 Å². The Kier molecular flexibility index (Phi) is 4.63.